The maximum Gasteiger partial charge on any atom is 0.226 e. The fraction of sp³-hybridized carbons (Fsp3) is 0.143. The molecule has 1 aliphatic rings. The molecule has 1 aliphatic heterocycles. The summed E-state index contributed by atoms with van der Waals surface area (Å²) in [5, 5.41) is 17.5. The van der Waals surface area contributed by atoms with Crippen LogP contribution in [0.25, 0.3) is 15.3 Å². The van der Waals surface area contributed by atoms with Gasteiger partial charge >= 0.3 is 0 Å². The second kappa shape index (κ2) is 6.79. The van der Waals surface area contributed by atoms with Gasteiger partial charge in [-0.3, -0.25) is 4.79 Å². The molecule has 29 heavy (non-hydrogen) atoms. The summed E-state index contributed by atoms with van der Waals surface area (Å²) in [6, 6.07) is 15.5. The van der Waals surface area contributed by atoms with Gasteiger partial charge in [-0.05, 0) is 42.8 Å². The third-order valence-electron chi connectivity index (χ3n) is 5.07. The Morgan fingerprint density at radius 3 is 2.83 bits per heavy atom. The third kappa shape index (κ3) is 3.03. The monoisotopic (exact) mass is 463 g/mol. The van der Waals surface area contributed by atoms with Crippen LogP contribution in [0, 0.1) is 18.3 Å². The van der Waals surface area contributed by atoms with Crippen LogP contribution in [0.5, 0.6) is 0 Å². The predicted octanol–water partition coefficient (Wildman–Crippen LogP) is 4.90. The van der Waals surface area contributed by atoms with E-state index < -0.39 is 0 Å². The number of benzene rings is 2. The molecule has 8 heteroatoms. The minimum atomic E-state index is -0.108. The van der Waals surface area contributed by atoms with Crippen LogP contribution < -0.4 is 5.32 Å². The lowest BCUT2D eigenvalue weighted by Gasteiger charge is -2.24. The van der Waals surface area contributed by atoms with E-state index in [-0.39, 0.29) is 11.8 Å². The number of nitrogens with zero attached hydrogens (tertiary/aromatic N) is 4. The summed E-state index contributed by atoms with van der Waals surface area (Å²) in [5.41, 5.74) is 4.34. The molecule has 0 radical (unpaired) electrons. The van der Waals surface area contributed by atoms with Crippen LogP contribution in [0.15, 0.2) is 46.9 Å². The molecule has 0 aliphatic carbocycles. The van der Waals surface area contributed by atoms with Crippen molar-refractivity contribution in [1.29, 1.82) is 5.26 Å². The summed E-state index contributed by atoms with van der Waals surface area (Å²) in [6.45, 7) is 1.95. The number of fused-ring (bicyclic) bond motifs is 2. The van der Waals surface area contributed by atoms with E-state index >= 15 is 0 Å². The number of carbonyl (C=O) groups excluding carboxylic acids is 1. The highest BCUT2D eigenvalue weighted by atomic mass is 79.9. The van der Waals surface area contributed by atoms with Gasteiger partial charge in [-0.15, -0.1) is 0 Å². The Morgan fingerprint density at radius 1 is 1.28 bits per heavy atom. The molecule has 0 unspecified atom stereocenters. The molecular weight excluding hydrogens is 450 g/mol. The molecule has 1 amide bonds. The average Bonchev–Trinajstić information content (AvgIpc) is 3.28. The molecular formula is C21H14BrN5OS. The molecule has 1 atom stereocenters. The van der Waals surface area contributed by atoms with Gasteiger partial charge in [0.1, 0.15) is 5.82 Å². The molecule has 5 rings (SSSR count). The van der Waals surface area contributed by atoms with E-state index in [9.17, 15) is 4.79 Å². The lowest BCUT2D eigenvalue weighted by Crippen LogP contribution is -2.24. The fourth-order valence-corrected chi connectivity index (χ4v) is 5.21. The minimum absolute atomic E-state index is 0.0585. The summed E-state index contributed by atoms with van der Waals surface area (Å²) in [7, 11) is 0. The van der Waals surface area contributed by atoms with Crippen molar-refractivity contribution in [3.8, 4) is 11.2 Å². The van der Waals surface area contributed by atoms with Gasteiger partial charge in [-0.25, -0.2) is 4.98 Å². The van der Waals surface area contributed by atoms with Crippen molar-refractivity contribution in [1.82, 2.24) is 14.8 Å². The standard InChI is InChI=1S/C21H14BrN5OS/c1-11-19-15(13-4-2-12(10-23)3-5-13)9-18(28)25-20(19)27(26-11)21-24-16-7-6-14(22)8-17(16)29-21/h2-8,15H,9H2,1H3,(H,25,28)/t15-/m1/s1. The topological polar surface area (TPSA) is 83.6 Å². The zero-order valence-electron chi connectivity index (χ0n) is 15.3. The molecule has 4 aromatic rings. The zero-order chi connectivity index (χ0) is 20.1. The zero-order valence-corrected chi connectivity index (χ0v) is 17.7. The van der Waals surface area contributed by atoms with Gasteiger partial charge in [0, 0.05) is 22.4 Å². The molecule has 0 bridgehead atoms. The van der Waals surface area contributed by atoms with Crippen LogP contribution in [0.4, 0.5) is 5.82 Å². The number of halogens is 1. The van der Waals surface area contributed by atoms with Crippen LogP contribution in [0.3, 0.4) is 0 Å². The Labute approximate surface area is 178 Å². The van der Waals surface area contributed by atoms with Crippen molar-refractivity contribution in [2.45, 2.75) is 19.3 Å². The van der Waals surface area contributed by atoms with Crippen molar-refractivity contribution in [3.63, 3.8) is 0 Å². The quantitative estimate of drug-likeness (QED) is 0.458. The summed E-state index contributed by atoms with van der Waals surface area (Å²) < 4.78 is 3.77. The lowest BCUT2D eigenvalue weighted by molar-refractivity contribution is -0.116. The van der Waals surface area contributed by atoms with Crippen LogP contribution in [-0.4, -0.2) is 20.7 Å². The second-order valence-corrected chi connectivity index (χ2v) is 8.83. The third-order valence-corrected chi connectivity index (χ3v) is 6.55. The Morgan fingerprint density at radius 2 is 2.07 bits per heavy atom. The van der Waals surface area contributed by atoms with E-state index in [0.29, 0.717) is 22.9 Å². The van der Waals surface area contributed by atoms with Crippen molar-refractivity contribution in [2.75, 3.05) is 5.32 Å². The van der Waals surface area contributed by atoms with Crippen molar-refractivity contribution in [2.24, 2.45) is 0 Å². The number of aromatic nitrogens is 3. The average molecular weight is 464 g/mol. The van der Waals surface area contributed by atoms with Crippen molar-refractivity contribution in [3.05, 3.63) is 69.3 Å². The first-order valence-electron chi connectivity index (χ1n) is 8.99. The van der Waals surface area contributed by atoms with Gasteiger partial charge in [0.05, 0.1) is 27.5 Å². The number of amides is 1. The number of carbonyl (C=O) groups is 1. The number of anilines is 1. The summed E-state index contributed by atoms with van der Waals surface area (Å²) >= 11 is 5.02. The van der Waals surface area contributed by atoms with E-state index in [0.717, 1.165) is 31.5 Å². The molecule has 2 aromatic carbocycles. The normalized spacial score (nSPS) is 15.8. The number of rotatable bonds is 2. The largest absolute Gasteiger partial charge is 0.310 e. The lowest BCUT2D eigenvalue weighted by atomic mass is 9.85. The number of hydrogen-bond acceptors (Lipinski definition) is 5. The fourth-order valence-electron chi connectivity index (χ4n) is 3.74. The molecule has 3 heterocycles. The predicted molar refractivity (Wildman–Crippen MR) is 115 cm³/mol. The Balaban J connectivity index is 1.65. The van der Waals surface area contributed by atoms with Gasteiger partial charge in [0.15, 0.2) is 0 Å². The number of aryl methyl sites for hydroxylation is 1. The molecule has 0 saturated carbocycles. The number of hydrogen-bond donors (Lipinski definition) is 1. The molecule has 2 aromatic heterocycles. The van der Waals surface area contributed by atoms with Gasteiger partial charge in [0.2, 0.25) is 11.0 Å². The molecule has 1 N–H and O–H groups in total. The Kier molecular flexibility index (Phi) is 4.23. The summed E-state index contributed by atoms with van der Waals surface area (Å²) in [6.07, 6.45) is 0.345. The van der Waals surface area contributed by atoms with Gasteiger partial charge < -0.3 is 5.32 Å². The van der Waals surface area contributed by atoms with E-state index in [2.05, 4.69) is 27.3 Å². The SMILES string of the molecule is Cc1nn(-c2nc3ccc(Br)cc3s2)c2c1[C@@H](c1ccc(C#N)cc1)CC(=O)N2. The maximum absolute atomic E-state index is 12.5. The number of thiazole rings is 1. The van der Waals surface area contributed by atoms with Crippen LogP contribution in [-0.2, 0) is 4.79 Å². The minimum Gasteiger partial charge on any atom is -0.310 e. The first-order valence-corrected chi connectivity index (χ1v) is 10.6. The Bertz CT molecular complexity index is 1320. The molecule has 0 saturated heterocycles. The maximum atomic E-state index is 12.5. The summed E-state index contributed by atoms with van der Waals surface area (Å²) in [5.74, 6) is 0.506. The van der Waals surface area contributed by atoms with Gasteiger partial charge in [-0.2, -0.15) is 15.0 Å². The molecule has 0 fully saturated rings. The number of nitriles is 1. The van der Waals surface area contributed by atoms with Gasteiger partial charge in [-0.1, -0.05) is 39.4 Å². The smallest absolute Gasteiger partial charge is 0.226 e. The van der Waals surface area contributed by atoms with Crippen molar-refractivity contribution < 1.29 is 4.79 Å². The van der Waals surface area contributed by atoms with Crippen LogP contribution in [0.2, 0.25) is 0 Å². The van der Waals surface area contributed by atoms with Crippen LogP contribution in [0.1, 0.15) is 34.7 Å². The highest BCUT2D eigenvalue weighted by Gasteiger charge is 2.33. The molecule has 142 valence electrons. The van der Waals surface area contributed by atoms with Crippen LogP contribution >= 0.6 is 27.3 Å². The van der Waals surface area contributed by atoms with E-state index in [1.165, 1.54) is 11.3 Å². The summed E-state index contributed by atoms with van der Waals surface area (Å²) in [4.78, 5) is 17.2. The first kappa shape index (κ1) is 18.0. The molecule has 0 spiro atoms. The first-order chi connectivity index (χ1) is 14.0. The number of nitrogens with one attached hydrogen (secondary N) is 1. The highest BCUT2D eigenvalue weighted by Crippen LogP contribution is 2.41. The molecule has 6 nitrogen and oxygen atoms in total. The Hall–Kier alpha value is -3.02. The van der Waals surface area contributed by atoms with E-state index in [1.54, 1.807) is 16.8 Å². The van der Waals surface area contributed by atoms with E-state index in [1.807, 2.05) is 37.3 Å². The van der Waals surface area contributed by atoms with Gasteiger partial charge in [0.25, 0.3) is 0 Å². The highest BCUT2D eigenvalue weighted by molar-refractivity contribution is 9.10. The second-order valence-electron chi connectivity index (χ2n) is 6.91. The van der Waals surface area contributed by atoms with E-state index in [4.69, 9.17) is 15.3 Å². The van der Waals surface area contributed by atoms with Crippen molar-refractivity contribution >= 4 is 49.2 Å².